The van der Waals surface area contributed by atoms with Gasteiger partial charge in [-0.15, -0.1) is 11.3 Å². The summed E-state index contributed by atoms with van der Waals surface area (Å²) < 4.78 is 26.8. The number of sulfonamides is 1. The average Bonchev–Trinajstić information content (AvgIpc) is 2.57. The summed E-state index contributed by atoms with van der Waals surface area (Å²) in [5, 5.41) is 0.328. The van der Waals surface area contributed by atoms with Crippen molar-refractivity contribution in [1.29, 1.82) is 0 Å². The number of carbonyl (C=O) groups is 1. The van der Waals surface area contributed by atoms with E-state index in [2.05, 4.69) is 20.7 Å². The van der Waals surface area contributed by atoms with Crippen molar-refractivity contribution in [2.75, 3.05) is 6.54 Å². The van der Waals surface area contributed by atoms with Crippen molar-refractivity contribution in [3.05, 3.63) is 14.9 Å². The molecule has 0 atom stereocenters. The highest BCUT2D eigenvalue weighted by atomic mass is 79.9. The van der Waals surface area contributed by atoms with Crippen LogP contribution < -0.4 is 10.5 Å². The number of nitrogens with two attached hydrogens (primary N) is 1. The van der Waals surface area contributed by atoms with E-state index in [1.807, 2.05) is 0 Å². The summed E-state index contributed by atoms with van der Waals surface area (Å²) in [6.07, 6.45) is 0. The van der Waals surface area contributed by atoms with Crippen molar-refractivity contribution in [3.63, 3.8) is 0 Å². The van der Waals surface area contributed by atoms with E-state index in [1.165, 1.54) is 6.07 Å². The zero-order valence-electron chi connectivity index (χ0n) is 9.66. The molecule has 1 amide bonds. The first-order chi connectivity index (χ1) is 8.06. The van der Waals surface area contributed by atoms with Crippen molar-refractivity contribution < 1.29 is 13.2 Å². The van der Waals surface area contributed by atoms with Crippen molar-refractivity contribution in [3.8, 4) is 0 Å². The zero-order chi connectivity index (χ0) is 14.1. The predicted molar refractivity (Wildman–Crippen MR) is 75.2 cm³/mol. The molecule has 0 radical (unpaired) electrons. The standard InChI is InChI=1S/C9H12BrClN2O3S2/c1-9(2,8(12)14)4-13-18(15,16)6-3-5(11)7(10)17-6/h3,13H,4H2,1-2H3,(H2,12,14). The van der Waals surface area contributed by atoms with Gasteiger partial charge in [-0.25, -0.2) is 13.1 Å². The summed E-state index contributed by atoms with van der Waals surface area (Å²) in [5.74, 6) is -0.574. The van der Waals surface area contributed by atoms with E-state index < -0.39 is 21.3 Å². The fourth-order valence-electron chi connectivity index (χ4n) is 0.893. The van der Waals surface area contributed by atoms with Crippen LogP contribution in [0.3, 0.4) is 0 Å². The van der Waals surface area contributed by atoms with E-state index in [0.29, 0.717) is 8.81 Å². The summed E-state index contributed by atoms with van der Waals surface area (Å²) in [6.45, 7) is 3.06. The average molecular weight is 376 g/mol. The van der Waals surface area contributed by atoms with Gasteiger partial charge in [-0.3, -0.25) is 4.79 Å². The molecule has 0 saturated heterocycles. The summed E-state index contributed by atoms with van der Waals surface area (Å²) in [7, 11) is -3.68. The van der Waals surface area contributed by atoms with Gasteiger partial charge in [0.05, 0.1) is 14.2 Å². The van der Waals surface area contributed by atoms with Gasteiger partial charge in [0, 0.05) is 6.54 Å². The van der Waals surface area contributed by atoms with Crippen molar-refractivity contribution in [2.45, 2.75) is 18.1 Å². The lowest BCUT2D eigenvalue weighted by Crippen LogP contribution is -2.42. The van der Waals surface area contributed by atoms with Gasteiger partial charge in [-0.05, 0) is 35.8 Å². The van der Waals surface area contributed by atoms with Crippen LogP contribution in [0.2, 0.25) is 5.02 Å². The lowest BCUT2D eigenvalue weighted by molar-refractivity contribution is -0.125. The molecule has 0 aliphatic heterocycles. The van der Waals surface area contributed by atoms with E-state index in [-0.39, 0.29) is 10.8 Å². The lowest BCUT2D eigenvalue weighted by atomic mass is 9.93. The number of hydrogen-bond donors (Lipinski definition) is 2. The van der Waals surface area contributed by atoms with Crippen LogP contribution in [-0.4, -0.2) is 20.9 Å². The van der Waals surface area contributed by atoms with Crippen LogP contribution in [0.5, 0.6) is 0 Å². The Labute approximate surface area is 123 Å². The molecule has 0 unspecified atom stereocenters. The Kier molecular flexibility index (Phi) is 4.82. The second-order valence-corrected chi connectivity index (χ2v) is 9.03. The van der Waals surface area contributed by atoms with Gasteiger partial charge in [0.2, 0.25) is 15.9 Å². The number of hydrogen-bond acceptors (Lipinski definition) is 4. The van der Waals surface area contributed by atoms with Crippen molar-refractivity contribution in [2.24, 2.45) is 11.1 Å². The molecule has 0 bridgehead atoms. The number of amides is 1. The van der Waals surface area contributed by atoms with Crippen LogP contribution in [0.25, 0.3) is 0 Å². The molecule has 5 nitrogen and oxygen atoms in total. The minimum atomic E-state index is -3.68. The minimum Gasteiger partial charge on any atom is -0.369 e. The Balaban J connectivity index is 2.87. The first-order valence-electron chi connectivity index (χ1n) is 4.81. The van der Waals surface area contributed by atoms with Gasteiger partial charge in [0.1, 0.15) is 4.21 Å². The molecule has 0 fully saturated rings. The fraction of sp³-hybridized carbons (Fsp3) is 0.444. The highest BCUT2D eigenvalue weighted by molar-refractivity contribution is 9.11. The summed E-state index contributed by atoms with van der Waals surface area (Å²) in [5.41, 5.74) is 4.21. The molecular weight excluding hydrogens is 364 g/mol. The molecule has 3 N–H and O–H groups in total. The number of nitrogens with one attached hydrogen (secondary N) is 1. The maximum Gasteiger partial charge on any atom is 0.250 e. The summed E-state index contributed by atoms with van der Waals surface area (Å²) >= 11 is 9.91. The topological polar surface area (TPSA) is 89.3 Å². The predicted octanol–water partition coefficient (Wildman–Crippen LogP) is 1.95. The van der Waals surface area contributed by atoms with Crippen molar-refractivity contribution in [1.82, 2.24) is 4.72 Å². The van der Waals surface area contributed by atoms with Crippen LogP contribution in [0, 0.1) is 5.41 Å². The van der Waals surface area contributed by atoms with Crippen LogP contribution in [0.1, 0.15) is 13.8 Å². The first kappa shape index (κ1) is 15.9. The molecule has 1 heterocycles. The Morgan fingerprint density at radius 1 is 1.61 bits per heavy atom. The first-order valence-corrected chi connectivity index (χ1v) is 8.28. The summed E-state index contributed by atoms with van der Waals surface area (Å²) in [6, 6.07) is 1.34. The quantitative estimate of drug-likeness (QED) is 0.824. The van der Waals surface area contributed by atoms with Crippen molar-refractivity contribution >= 4 is 54.8 Å². The van der Waals surface area contributed by atoms with Crippen LogP contribution in [-0.2, 0) is 14.8 Å². The van der Waals surface area contributed by atoms with Gasteiger partial charge in [-0.1, -0.05) is 11.6 Å². The zero-order valence-corrected chi connectivity index (χ0v) is 13.6. The Hall–Kier alpha value is -0.150. The molecule has 0 spiro atoms. The lowest BCUT2D eigenvalue weighted by Gasteiger charge is -2.20. The third kappa shape index (κ3) is 3.67. The molecule has 9 heteroatoms. The monoisotopic (exact) mass is 374 g/mol. The highest BCUT2D eigenvalue weighted by Crippen LogP contribution is 2.34. The number of thiophene rings is 1. The van der Waals surface area contributed by atoms with E-state index in [1.54, 1.807) is 13.8 Å². The number of rotatable bonds is 5. The molecule has 0 aliphatic rings. The van der Waals surface area contributed by atoms with Crippen LogP contribution in [0.15, 0.2) is 14.1 Å². The molecular formula is C9H12BrClN2O3S2. The molecule has 1 aromatic heterocycles. The number of carbonyl (C=O) groups excluding carboxylic acids is 1. The van der Waals surface area contributed by atoms with E-state index in [0.717, 1.165) is 11.3 Å². The molecule has 18 heavy (non-hydrogen) atoms. The van der Waals surface area contributed by atoms with Gasteiger partial charge >= 0.3 is 0 Å². The fourth-order valence-corrected chi connectivity index (χ4v) is 4.55. The Bertz CT molecular complexity index is 549. The minimum absolute atomic E-state index is 0.0716. The van der Waals surface area contributed by atoms with Crippen LogP contribution >= 0.6 is 38.9 Å². The molecule has 1 aromatic rings. The largest absolute Gasteiger partial charge is 0.369 e. The molecule has 0 aliphatic carbocycles. The summed E-state index contributed by atoms with van der Waals surface area (Å²) in [4.78, 5) is 11.1. The van der Waals surface area contributed by atoms with Gasteiger partial charge in [0.15, 0.2) is 0 Å². The molecule has 0 saturated carbocycles. The van der Waals surface area contributed by atoms with E-state index in [9.17, 15) is 13.2 Å². The van der Waals surface area contributed by atoms with Crippen LogP contribution in [0.4, 0.5) is 0 Å². The molecule has 1 rings (SSSR count). The number of primary amides is 1. The third-order valence-electron chi connectivity index (χ3n) is 2.26. The SMILES string of the molecule is CC(C)(CNS(=O)(=O)c1cc(Cl)c(Br)s1)C(N)=O. The Morgan fingerprint density at radius 2 is 2.17 bits per heavy atom. The van der Waals surface area contributed by atoms with Gasteiger partial charge in [-0.2, -0.15) is 0 Å². The third-order valence-corrected chi connectivity index (χ3v) is 6.61. The Morgan fingerprint density at radius 3 is 2.56 bits per heavy atom. The van der Waals surface area contributed by atoms with E-state index in [4.69, 9.17) is 17.3 Å². The molecule has 102 valence electrons. The van der Waals surface area contributed by atoms with Gasteiger partial charge in [0.25, 0.3) is 0 Å². The van der Waals surface area contributed by atoms with Gasteiger partial charge < -0.3 is 5.73 Å². The second kappa shape index (κ2) is 5.46. The maximum absolute atomic E-state index is 11.9. The second-order valence-electron chi connectivity index (χ2n) is 4.26. The maximum atomic E-state index is 11.9. The molecule has 0 aromatic carbocycles. The normalized spacial score (nSPS) is 12.7. The number of halogens is 2. The van der Waals surface area contributed by atoms with E-state index >= 15 is 0 Å². The highest BCUT2D eigenvalue weighted by Gasteiger charge is 2.28. The smallest absolute Gasteiger partial charge is 0.250 e.